The van der Waals surface area contributed by atoms with Crippen LogP contribution in [-0.2, 0) is 14.0 Å². The first-order valence-corrected chi connectivity index (χ1v) is 15.1. The molecule has 1 fully saturated rings. The van der Waals surface area contributed by atoms with E-state index in [0.717, 1.165) is 4.46 Å². The fourth-order valence-electron chi connectivity index (χ4n) is 3.08. The van der Waals surface area contributed by atoms with Crippen LogP contribution < -0.4 is 4.46 Å². The molecule has 1 aromatic rings. The molecule has 2 unspecified atom stereocenters. The van der Waals surface area contributed by atoms with Crippen molar-refractivity contribution in [2.45, 2.75) is 89.0 Å². The summed E-state index contributed by atoms with van der Waals surface area (Å²) in [5, 5.41) is 0.0592. The predicted octanol–water partition coefficient (Wildman–Crippen LogP) is 4.75. The van der Waals surface area contributed by atoms with Crippen molar-refractivity contribution in [3.63, 3.8) is 0 Å². The minimum absolute atomic E-state index is 0.0592. The van der Waals surface area contributed by atoms with Crippen molar-refractivity contribution >= 4 is 39.7 Å². The van der Waals surface area contributed by atoms with Gasteiger partial charge in [0, 0.05) is 0 Å². The number of carbonyl (C=O) groups excluding carboxylic acids is 2. The van der Waals surface area contributed by atoms with Gasteiger partial charge in [0.15, 0.2) is 0 Å². The molecular formula is C23H37NO4SeSi. The molecule has 0 aliphatic carbocycles. The summed E-state index contributed by atoms with van der Waals surface area (Å²) in [7, 11) is -2.01. The van der Waals surface area contributed by atoms with Gasteiger partial charge in [0.05, 0.1) is 0 Å². The maximum absolute atomic E-state index is 13.5. The van der Waals surface area contributed by atoms with Crippen molar-refractivity contribution in [3.8, 4) is 0 Å². The zero-order valence-corrected chi connectivity index (χ0v) is 22.6. The molecule has 2 atom stereocenters. The van der Waals surface area contributed by atoms with E-state index in [-0.39, 0.29) is 31.9 Å². The van der Waals surface area contributed by atoms with Crippen LogP contribution in [0.2, 0.25) is 22.4 Å². The van der Waals surface area contributed by atoms with E-state index >= 15 is 0 Å². The standard InChI is InChI=1S/C23H37NO4SeSi/c1-21(2,3)28-20(26)24-17(16-27-30(8,9)22(4,5)6)15-23(7,19(24)25)29-18-13-11-10-12-14-18/h10-14,17H,15-16H2,1-9H3. The van der Waals surface area contributed by atoms with Crippen LogP contribution in [0.1, 0.15) is 54.9 Å². The van der Waals surface area contributed by atoms with Gasteiger partial charge in [0.25, 0.3) is 0 Å². The summed E-state index contributed by atoms with van der Waals surface area (Å²) >= 11 is -0.0999. The SMILES string of the molecule is CC(C)(C)OC(=O)N1C(=O)C(C)([Se]c2ccccc2)CC1CO[Si](C)(C)C(C)(C)C. The molecule has 0 aromatic heterocycles. The molecule has 30 heavy (non-hydrogen) atoms. The van der Waals surface area contributed by atoms with Crippen LogP contribution in [0.25, 0.3) is 0 Å². The molecule has 0 N–H and O–H groups in total. The Morgan fingerprint density at radius 3 is 2.23 bits per heavy atom. The molecule has 2 rings (SSSR count). The molecule has 0 saturated carbocycles. The summed E-state index contributed by atoms with van der Waals surface area (Å²) in [5.41, 5.74) is -0.661. The second kappa shape index (κ2) is 8.77. The summed E-state index contributed by atoms with van der Waals surface area (Å²) in [6.45, 7) is 18.7. The molecule has 0 spiro atoms. The fourth-order valence-corrected chi connectivity index (χ4v) is 6.80. The second-order valence-electron chi connectivity index (χ2n) is 10.7. The van der Waals surface area contributed by atoms with Crippen LogP contribution in [0.5, 0.6) is 0 Å². The van der Waals surface area contributed by atoms with Gasteiger partial charge < -0.3 is 0 Å². The van der Waals surface area contributed by atoms with Crippen LogP contribution in [0.4, 0.5) is 4.79 Å². The van der Waals surface area contributed by atoms with Gasteiger partial charge in [-0.1, -0.05) is 0 Å². The summed E-state index contributed by atoms with van der Waals surface area (Å²) < 4.78 is 12.6. The molecule has 1 aromatic carbocycles. The average molecular weight is 499 g/mol. The van der Waals surface area contributed by atoms with Crippen molar-refractivity contribution in [2.24, 2.45) is 0 Å². The Bertz CT molecular complexity index is 770. The van der Waals surface area contributed by atoms with Gasteiger partial charge in [-0.15, -0.1) is 0 Å². The molecule has 1 aliphatic heterocycles. The molecule has 1 aliphatic rings. The Hall–Kier alpha value is -1.14. The van der Waals surface area contributed by atoms with Crippen LogP contribution in [0, 0.1) is 0 Å². The number of rotatable bonds is 5. The molecule has 168 valence electrons. The molecule has 5 nitrogen and oxygen atoms in total. The molecule has 7 heteroatoms. The second-order valence-corrected chi connectivity index (χ2v) is 18.8. The van der Waals surface area contributed by atoms with E-state index in [0.29, 0.717) is 13.0 Å². The van der Waals surface area contributed by atoms with Crippen LogP contribution in [-0.4, -0.2) is 58.4 Å². The Kier molecular flexibility index (Phi) is 7.35. The van der Waals surface area contributed by atoms with E-state index in [1.807, 2.05) is 45.9 Å². The van der Waals surface area contributed by atoms with Crippen LogP contribution in [0.15, 0.2) is 30.3 Å². The van der Waals surface area contributed by atoms with Crippen molar-refractivity contribution in [2.75, 3.05) is 6.61 Å². The van der Waals surface area contributed by atoms with E-state index in [1.54, 1.807) is 0 Å². The van der Waals surface area contributed by atoms with Gasteiger partial charge in [0.1, 0.15) is 0 Å². The molecule has 0 bridgehead atoms. The number of carbonyl (C=O) groups is 2. The van der Waals surface area contributed by atoms with Gasteiger partial charge in [0.2, 0.25) is 0 Å². The summed E-state index contributed by atoms with van der Waals surface area (Å²) in [4.78, 5) is 27.8. The van der Waals surface area contributed by atoms with E-state index in [2.05, 4.69) is 46.0 Å². The first-order chi connectivity index (χ1) is 13.6. The summed E-state index contributed by atoms with van der Waals surface area (Å²) in [6.07, 6.45) is 0.0260. The predicted molar refractivity (Wildman–Crippen MR) is 125 cm³/mol. The Morgan fingerprint density at radius 2 is 1.73 bits per heavy atom. The Morgan fingerprint density at radius 1 is 1.17 bits per heavy atom. The fraction of sp³-hybridized carbons (Fsp3) is 0.652. The Balaban J connectivity index is 2.29. The van der Waals surface area contributed by atoms with Gasteiger partial charge in [-0.2, -0.15) is 0 Å². The van der Waals surface area contributed by atoms with Crippen LogP contribution in [0.3, 0.4) is 0 Å². The average Bonchev–Trinajstić information content (AvgIpc) is 2.82. The normalized spacial score (nSPS) is 23.0. The van der Waals surface area contributed by atoms with Gasteiger partial charge >= 0.3 is 189 Å². The van der Waals surface area contributed by atoms with Crippen molar-refractivity contribution < 1.29 is 18.8 Å². The number of hydrogen-bond acceptors (Lipinski definition) is 4. The summed E-state index contributed by atoms with van der Waals surface area (Å²) in [6, 6.07) is 9.75. The first kappa shape index (κ1) is 25.1. The number of nitrogens with zero attached hydrogens (tertiary/aromatic N) is 1. The number of likely N-dealkylation sites (tertiary alicyclic amines) is 1. The van der Waals surface area contributed by atoms with Gasteiger partial charge in [-0.25, -0.2) is 0 Å². The number of hydrogen-bond donors (Lipinski definition) is 0. The number of ether oxygens (including phenoxy) is 1. The molecule has 1 saturated heterocycles. The van der Waals surface area contributed by atoms with Gasteiger partial charge in [-0.3, -0.25) is 0 Å². The van der Waals surface area contributed by atoms with E-state index < -0.39 is 24.3 Å². The molecule has 0 radical (unpaired) electrons. The van der Waals surface area contributed by atoms with Crippen molar-refractivity contribution in [3.05, 3.63) is 30.3 Å². The Labute approximate surface area is 189 Å². The maximum atomic E-state index is 13.5. The number of benzene rings is 1. The third kappa shape index (κ3) is 5.97. The third-order valence-corrected chi connectivity index (χ3v) is 13.0. The molecule has 1 heterocycles. The van der Waals surface area contributed by atoms with Crippen molar-refractivity contribution in [1.82, 2.24) is 4.90 Å². The molecular weight excluding hydrogens is 461 g/mol. The number of amides is 2. The monoisotopic (exact) mass is 499 g/mol. The van der Waals surface area contributed by atoms with Gasteiger partial charge in [-0.05, 0) is 0 Å². The van der Waals surface area contributed by atoms with E-state index in [9.17, 15) is 9.59 Å². The summed E-state index contributed by atoms with van der Waals surface area (Å²) in [5.74, 6) is -0.149. The number of imide groups is 1. The zero-order valence-electron chi connectivity index (χ0n) is 19.9. The first-order valence-electron chi connectivity index (χ1n) is 10.5. The van der Waals surface area contributed by atoms with E-state index in [4.69, 9.17) is 9.16 Å². The minimum atomic E-state index is -2.01. The third-order valence-electron chi connectivity index (χ3n) is 5.78. The zero-order chi connectivity index (χ0) is 23.0. The quantitative estimate of drug-likeness (QED) is 0.550. The van der Waals surface area contributed by atoms with Crippen molar-refractivity contribution in [1.29, 1.82) is 0 Å². The van der Waals surface area contributed by atoms with E-state index in [1.165, 1.54) is 4.90 Å². The molecule has 2 amide bonds. The van der Waals surface area contributed by atoms with Crippen LogP contribution >= 0.6 is 0 Å². The topological polar surface area (TPSA) is 55.8 Å².